The third-order valence-electron chi connectivity index (χ3n) is 5.97. The van der Waals surface area contributed by atoms with E-state index < -0.39 is 0 Å². The predicted octanol–water partition coefficient (Wildman–Crippen LogP) is 3.99. The van der Waals surface area contributed by atoms with E-state index >= 15 is 0 Å². The van der Waals surface area contributed by atoms with Crippen LogP contribution in [0.25, 0.3) is 0 Å². The van der Waals surface area contributed by atoms with Crippen molar-refractivity contribution in [2.45, 2.75) is 18.9 Å². The maximum atomic E-state index is 13.2. The van der Waals surface area contributed by atoms with E-state index in [9.17, 15) is 9.59 Å². The van der Waals surface area contributed by atoms with Crippen LogP contribution in [0.1, 0.15) is 29.2 Å². The van der Waals surface area contributed by atoms with Crippen molar-refractivity contribution in [3.8, 4) is 5.75 Å². The average molecular weight is 429 g/mol. The van der Waals surface area contributed by atoms with Gasteiger partial charge in [-0.3, -0.25) is 9.59 Å². The number of hydrogen-bond acceptors (Lipinski definition) is 3. The summed E-state index contributed by atoms with van der Waals surface area (Å²) < 4.78 is 5.27. The van der Waals surface area contributed by atoms with E-state index in [-0.39, 0.29) is 30.2 Å². The van der Waals surface area contributed by atoms with Gasteiger partial charge in [0.25, 0.3) is 0 Å². The van der Waals surface area contributed by atoms with Crippen LogP contribution >= 0.6 is 0 Å². The molecule has 0 radical (unpaired) electrons. The third kappa shape index (κ3) is 5.17. The lowest BCUT2D eigenvalue weighted by molar-refractivity contribution is -0.129. The van der Waals surface area contributed by atoms with Crippen molar-refractivity contribution in [3.63, 3.8) is 0 Å². The molecular weight excluding hydrogens is 400 g/mol. The summed E-state index contributed by atoms with van der Waals surface area (Å²) in [6.07, 6.45) is 1.05. The first-order valence-electron chi connectivity index (χ1n) is 10.9. The summed E-state index contributed by atoms with van der Waals surface area (Å²) in [6.45, 7) is 1.09. The molecule has 0 aromatic heterocycles. The van der Waals surface area contributed by atoms with Crippen LogP contribution in [0, 0.1) is 5.92 Å². The smallest absolute Gasteiger partial charge is 0.226 e. The number of benzene rings is 3. The van der Waals surface area contributed by atoms with E-state index in [1.807, 2.05) is 77.7 Å². The van der Waals surface area contributed by atoms with Crippen LogP contribution in [0.15, 0.2) is 84.9 Å². The Kier molecular flexibility index (Phi) is 6.85. The Balaban J connectivity index is 1.44. The monoisotopic (exact) mass is 428 g/mol. The first-order valence-corrected chi connectivity index (χ1v) is 10.9. The first-order chi connectivity index (χ1) is 15.6. The van der Waals surface area contributed by atoms with Gasteiger partial charge in [0.1, 0.15) is 5.75 Å². The number of amides is 2. The molecule has 1 aliphatic heterocycles. The SMILES string of the molecule is COc1ccc([C@@H](NC(=O)[C@H]2CC(=O)N(CCc3ccccc3)C2)c2ccccc2)cc1. The number of nitrogens with one attached hydrogen (secondary N) is 1. The van der Waals surface area contributed by atoms with Crippen LogP contribution in [0.2, 0.25) is 0 Å². The molecule has 5 nitrogen and oxygen atoms in total. The fourth-order valence-electron chi connectivity index (χ4n) is 4.13. The molecule has 3 aromatic rings. The number of methoxy groups -OCH3 is 1. The van der Waals surface area contributed by atoms with E-state index in [1.54, 1.807) is 7.11 Å². The molecule has 1 saturated heterocycles. The van der Waals surface area contributed by atoms with Gasteiger partial charge >= 0.3 is 0 Å². The molecule has 32 heavy (non-hydrogen) atoms. The van der Waals surface area contributed by atoms with Gasteiger partial charge in [-0.25, -0.2) is 0 Å². The van der Waals surface area contributed by atoms with Gasteiger partial charge < -0.3 is 15.0 Å². The molecule has 0 aliphatic carbocycles. The number of rotatable bonds is 8. The molecule has 0 saturated carbocycles. The highest BCUT2D eigenvalue weighted by molar-refractivity contribution is 5.89. The van der Waals surface area contributed by atoms with Gasteiger partial charge in [0.2, 0.25) is 11.8 Å². The fourth-order valence-corrected chi connectivity index (χ4v) is 4.13. The highest BCUT2D eigenvalue weighted by Gasteiger charge is 2.35. The van der Waals surface area contributed by atoms with Crippen LogP contribution in [0.4, 0.5) is 0 Å². The quantitative estimate of drug-likeness (QED) is 0.590. The molecule has 0 spiro atoms. The van der Waals surface area contributed by atoms with Crippen molar-refractivity contribution in [2.24, 2.45) is 5.92 Å². The molecule has 1 N–H and O–H groups in total. The topological polar surface area (TPSA) is 58.6 Å². The molecule has 2 atom stereocenters. The zero-order valence-electron chi connectivity index (χ0n) is 18.2. The summed E-state index contributed by atoms with van der Waals surface area (Å²) in [7, 11) is 1.63. The van der Waals surface area contributed by atoms with Gasteiger partial charge in [-0.05, 0) is 35.2 Å². The molecule has 1 fully saturated rings. The van der Waals surface area contributed by atoms with Crippen molar-refractivity contribution in [3.05, 3.63) is 102 Å². The van der Waals surface area contributed by atoms with Crippen LogP contribution < -0.4 is 10.1 Å². The number of carbonyl (C=O) groups is 2. The average Bonchev–Trinajstić information content (AvgIpc) is 3.23. The van der Waals surface area contributed by atoms with Gasteiger partial charge in [0.05, 0.1) is 19.1 Å². The minimum absolute atomic E-state index is 0.0433. The molecule has 1 aliphatic rings. The minimum atomic E-state index is -0.345. The van der Waals surface area contributed by atoms with Crippen molar-refractivity contribution in [1.29, 1.82) is 0 Å². The van der Waals surface area contributed by atoms with E-state index in [1.165, 1.54) is 5.56 Å². The van der Waals surface area contributed by atoms with E-state index in [4.69, 9.17) is 4.74 Å². The molecular formula is C27H28N2O3. The third-order valence-corrected chi connectivity index (χ3v) is 5.97. The Bertz CT molecular complexity index is 1040. The zero-order chi connectivity index (χ0) is 22.3. The molecule has 164 valence electrons. The Morgan fingerprint density at radius 2 is 1.59 bits per heavy atom. The minimum Gasteiger partial charge on any atom is -0.497 e. The molecule has 1 heterocycles. The number of nitrogens with zero attached hydrogens (tertiary/aromatic N) is 1. The number of ether oxygens (including phenoxy) is 1. The highest BCUT2D eigenvalue weighted by Crippen LogP contribution is 2.26. The molecule has 5 heteroatoms. The number of likely N-dealkylation sites (tertiary alicyclic amines) is 1. The van der Waals surface area contributed by atoms with Crippen molar-refractivity contribution in [2.75, 3.05) is 20.2 Å². The predicted molar refractivity (Wildman–Crippen MR) is 124 cm³/mol. The lowest BCUT2D eigenvalue weighted by atomic mass is 9.97. The second kappa shape index (κ2) is 10.1. The fraction of sp³-hybridized carbons (Fsp3) is 0.259. The standard InChI is InChI=1S/C27H28N2O3/c1-32-24-14-12-22(13-15-24)26(21-10-6-3-7-11-21)28-27(31)23-18-25(30)29(19-23)17-16-20-8-4-2-5-9-20/h2-15,23,26H,16-19H2,1H3,(H,28,31)/t23-,26-/m0/s1. The molecule has 4 rings (SSSR count). The number of carbonyl (C=O) groups excluding carboxylic acids is 2. The molecule has 2 amide bonds. The van der Waals surface area contributed by atoms with Crippen molar-refractivity contribution >= 4 is 11.8 Å². The Morgan fingerprint density at radius 3 is 2.25 bits per heavy atom. The largest absolute Gasteiger partial charge is 0.497 e. The normalized spacial score (nSPS) is 16.6. The molecule has 0 unspecified atom stereocenters. The number of hydrogen-bond donors (Lipinski definition) is 1. The van der Waals surface area contributed by atoms with Gasteiger partial charge in [0.15, 0.2) is 0 Å². The Hall–Kier alpha value is -3.60. The lowest BCUT2D eigenvalue weighted by Gasteiger charge is -2.22. The summed E-state index contributed by atoms with van der Waals surface area (Å²) in [4.78, 5) is 27.5. The second-order valence-electron chi connectivity index (χ2n) is 8.10. The summed E-state index contributed by atoms with van der Waals surface area (Å²) in [5, 5.41) is 3.19. The van der Waals surface area contributed by atoms with Crippen LogP contribution in [0.3, 0.4) is 0 Å². The summed E-state index contributed by atoms with van der Waals surface area (Å²) in [5.74, 6) is 0.372. The molecule has 3 aromatic carbocycles. The van der Waals surface area contributed by atoms with E-state index in [0.29, 0.717) is 13.1 Å². The summed E-state index contributed by atoms with van der Waals surface area (Å²) in [5.41, 5.74) is 3.16. The summed E-state index contributed by atoms with van der Waals surface area (Å²) >= 11 is 0. The Morgan fingerprint density at radius 1 is 0.969 bits per heavy atom. The van der Waals surface area contributed by atoms with Crippen LogP contribution in [-0.4, -0.2) is 36.9 Å². The lowest BCUT2D eigenvalue weighted by Crippen LogP contribution is -2.36. The highest BCUT2D eigenvalue weighted by atomic mass is 16.5. The van der Waals surface area contributed by atoms with Crippen LogP contribution in [-0.2, 0) is 16.0 Å². The first kappa shape index (κ1) is 21.6. The van der Waals surface area contributed by atoms with Gasteiger partial charge in [0, 0.05) is 19.5 Å². The zero-order valence-corrected chi connectivity index (χ0v) is 18.2. The van der Waals surface area contributed by atoms with Gasteiger partial charge in [-0.1, -0.05) is 72.8 Å². The Labute approximate surface area is 189 Å². The second-order valence-corrected chi connectivity index (χ2v) is 8.10. The van der Waals surface area contributed by atoms with Crippen LogP contribution in [0.5, 0.6) is 5.75 Å². The maximum Gasteiger partial charge on any atom is 0.226 e. The maximum absolute atomic E-state index is 13.2. The van der Waals surface area contributed by atoms with E-state index in [0.717, 1.165) is 23.3 Å². The van der Waals surface area contributed by atoms with E-state index in [2.05, 4.69) is 17.4 Å². The van der Waals surface area contributed by atoms with Gasteiger partial charge in [-0.15, -0.1) is 0 Å². The molecule has 0 bridgehead atoms. The van der Waals surface area contributed by atoms with Crippen molar-refractivity contribution in [1.82, 2.24) is 10.2 Å². The van der Waals surface area contributed by atoms with Gasteiger partial charge in [-0.2, -0.15) is 0 Å². The van der Waals surface area contributed by atoms with Crippen molar-refractivity contribution < 1.29 is 14.3 Å². The summed E-state index contributed by atoms with van der Waals surface area (Å²) in [6, 6.07) is 27.4.